The van der Waals surface area contributed by atoms with Gasteiger partial charge in [-0.3, -0.25) is 15.0 Å². The summed E-state index contributed by atoms with van der Waals surface area (Å²) in [7, 11) is 1.55. The van der Waals surface area contributed by atoms with Gasteiger partial charge in [-0.2, -0.15) is 0 Å². The van der Waals surface area contributed by atoms with Gasteiger partial charge in [0.25, 0.3) is 0 Å². The van der Waals surface area contributed by atoms with Gasteiger partial charge in [-0.1, -0.05) is 36.6 Å². The molecule has 0 spiro atoms. The first kappa shape index (κ1) is 41.7. The summed E-state index contributed by atoms with van der Waals surface area (Å²) >= 11 is 0. The minimum atomic E-state index is -2.94. The van der Waals surface area contributed by atoms with Crippen LogP contribution >= 0.6 is 0 Å². The maximum absolute atomic E-state index is 14.0. The lowest BCUT2D eigenvalue weighted by Crippen LogP contribution is -2.69. The largest absolute Gasteiger partial charge is 0.481 e. The average molecular weight is 755 g/mol. The van der Waals surface area contributed by atoms with Crippen LogP contribution in [-0.2, 0) is 33.3 Å². The Labute approximate surface area is 310 Å². The molecule has 0 aromatic rings. The van der Waals surface area contributed by atoms with Crippen LogP contribution in [0.1, 0.15) is 70.6 Å². The maximum Gasteiger partial charge on any atom is 0.340 e. The monoisotopic (exact) mass is 754 g/mol. The van der Waals surface area contributed by atoms with Crippen molar-refractivity contribution in [1.82, 2.24) is 10.2 Å². The van der Waals surface area contributed by atoms with Gasteiger partial charge in [0.1, 0.15) is 35.7 Å². The van der Waals surface area contributed by atoms with E-state index >= 15 is 0 Å². The molecule has 8 N–H and O–H groups in total. The van der Waals surface area contributed by atoms with Crippen molar-refractivity contribution in [1.29, 1.82) is 0 Å². The summed E-state index contributed by atoms with van der Waals surface area (Å²) in [6.45, 7) is -0.210. The van der Waals surface area contributed by atoms with E-state index < -0.39 is 72.7 Å². The predicted molar refractivity (Wildman–Crippen MR) is 186 cm³/mol. The lowest BCUT2D eigenvalue weighted by Gasteiger charge is -2.48. The average Bonchev–Trinajstić information content (AvgIpc) is 3.14. The second-order valence-corrected chi connectivity index (χ2v) is 15.0. The summed E-state index contributed by atoms with van der Waals surface area (Å²) in [6.07, 6.45) is 6.15. The molecule has 9 atom stereocenters. The molecule has 16 heteroatoms. The number of nitrogens with one attached hydrogen (secondary N) is 1. The van der Waals surface area contributed by atoms with Crippen molar-refractivity contribution in [3.05, 3.63) is 35.6 Å². The van der Waals surface area contributed by atoms with Gasteiger partial charge in [0.2, 0.25) is 12.1 Å². The quantitative estimate of drug-likeness (QED) is 0.0674. The Balaban J connectivity index is 1.55. The number of aliphatic hydroxyl groups is 6. The second-order valence-electron chi connectivity index (χ2n) is 15.0. The number of piperidine rings is 1. The van der Waals surface area contributed by atoms with E-state index in [2.05, 4.69) is 5.32 Å². The fraction of sp³-hybridized carbons (Fsp3) is 0.784. The van der Waals surface area contributed by atoms with Crippen LogP contribution in [0.3, 0.4) is 0 Å². The molecule has 0 aromatic heterocycles. The van der Waals surface area contributed by atoms with Gasteiger partial charge in [-0.05, 0) is 70.8 Å². The van der Waals surface area contributed by atoms with Gasteiger partial charge in [-0.25, -0.2) is 4.79 Å². The number of hydrogen-bond acceptors (Lipinski definition) is 15. The number of allylic oxidation sites excluding steroid dienone is 1. The number of nitrogens with zero attached hydrogens (tertiary/aromatic N) is 1. The van der Waals surface area contributed by atoms with Crippen LogP contribution in [0.2, 0.25) is 0 Å². The molecule has 0 radical (unpaired) electrons. The Kier molecular flexibility index (Phi) is 14.9. The number of carbonyl (C=O) groups is 2. The standard InChI is InChI=1S/C37H58N2O14/c1-38-22-50-31-35(52-29(20-41)30(42)37(31,47)48)53-34-27(17-23-8-4-2-5-9-23)36(46,28(21-49-34)33(45)51-26-10-6-3-7-11-26)13-12-24-16-25(32(43)44)19-39(18-24)14-15-40/h12-13,17,21,24-27,29-31,34-35,38,40-42,46-48H,2-11,14-16,18-20,22H2,1H3,(H,43,44)/t24?,25?,27-,29+,30+,31+,34+,35-,36+/m0/s1. The van der Waals surface area contributed by atoms with Crippen molar-refractivity contribution >= 4 is 11.9 Å². The zero-order valence-electron chi connectivity index (χ0n) is 30.5. The van der Waals surface area contributed by atoms with Crippen LogP contribution in [-0.4, -0.2) is 148 Å². The number of aliphatic carboxylic acids is 1. The molecule has 0 aromatic carbocycles. The molecular weight excluding hydrogens is 696 g/mol. The number of carboxylic acid groups (broad SMARTS) is 1. The predicted octanol–water partition coefficient (Wildman–Crippen LogP) is 0.249. The van der Waals surface area contributed by atoms with Crippen molar-refractivity contribution in [3.8, 4) is 0 Å². The van der Waals surface area contributed by atoms with E-state index in [1.165, 1.54) is 6.08 Å². The summed E-state index contributed by atoms with van der Waals surface area (Å²) in [4.78, 5) is 27.9. The molecule has 2 aliphatic carbocycles. The summed E-state index contributed by atoms with van der Waals surface area (Å²) in [6, 6.07) is 0. The van der Waals surface area contributed by atoms with Crippen molar-refractivity contribution in [2.24, 2.45) is 17.8 Å². The second kappa shape index (κ2) is 18.9. The van der Waals surface area contributed by atoms with Gasteiger partial charge in [0.15, 0.2) is 12.4 Å². The highest BCUT2D eigenvalue weighted by atomic mass is 16.8. The van der Waals surface area contributed by atoms with Crippen molar-refractivity contribution in [2.45, 2.75) is 119 Å². The molecule has 3 heterocycles. The third-order valence-electron chi connectivity index (χ3n) is 11.1. The lowest BCUT2D eigenvalue weighted by molar-refractivity contribution is -0.412. The topological polar surface area (TPSA) is 237 Å². The van der Waals surface area contributed by atoms with Gasteiger partial charge in [0, 0.05) is 19.6 Å². The molecule has 3 aliphatic heterocycles. The Morgan fingerprint density at radius 3 is 2.42 bits per heavy atom. The number of esters is 1. The summed E-state index contributed by atoms with van der Waals surface area (Å²) in [5.74, 6) is -6.94. The first-order valence-electron chi connectivity index (χ1n) is 19.0. The van der Waals surface area contributed by atoms with Gasteiger partial charge in [-0.15, -0.1) is 0 Å². The van der Waals surface area contributed by atoms with Crippen LogP contribution in [0.25, 0.3) is 0 Å². The zero-order chi connectivity index (χ0) is 38.2. The Morgan fingerprint density at radius 2 is 1.75 bits per heavy atom. The molecule has 0 amide bonds. The molecule has 5 aliphatic rings. The highest BCUT2D eigenvalue weighted by Crippen LogP contribution is 2.43. The highest BCUT2D eigenvalue weighted by molar-refractivity contribution is 5.91. The molecule has 53 heavy (non-hydrogen) atoms. The van der Waals surface area contributed by atoms with E-state index in [1.54, 1.807) is 13.1 Å². The molecule has 2 saturated carbocycles. The highest BCUT2D eigenvalue weighted by Gasteiger charge is 2.58. The smallest absolute Gasteiger partial charge is 0.340 e. The zero-order valence-corrected chi connectivity index (χ0v) is 30.5. The van der Waals surface area contributed by atoms with Crippen LogP contribution in [0, 0.1) is 17.8 Å². The van der Waals surface area contributed by atoms with Crippen LogP contribution in [0.15, 0.2) is 35.6 Å². The number of aliphatic hydroxyl groups excluding tert-OH is 3. The number of carbonyl (C=O) groups excluding carboxylic acids is 1. The molecule has 300 valence electrons. The van der Waals surface area contributed by atoms with Crippen LogP contribution in [0.4, 0.5) is 0 Å². The van der Waals surface area contributed by atoms with E-state index in [0.717, 1.165) is 63.2 Å². The van der Waals surface area contributed by atoms with Gasteiger partial charge in [0.05, 0.1) is 31.8 Å². The van der Waals surface area contributed by atoms with Crippen LogP contribution in [0.5, 0.6) is 0 Å². The molecule has 2 unspecified atom stereocenters. The van der Waals surface area contributed by atoms with Gasteiger partial charge >= 0.3 is 11.9 Å². The fourth-order valence-corrected chi connectivity index (χ4v) is 8.13. The molecule has 4 fully saturated rings. The number of likely N-dealkylation sites (tertiary alicyclic amines) is 1. The number of ether oxygens (including phenoxy) is 5. The van der Waals surface area contributed by atoms with E-state index in [-0.39, 0.29) is 50.4 Å². The van der Waals surface area contributed by atoms with E-state index in [9.17, 15) is 45.3 Å². The summed E-state index contributed by atoms with van der Waals surface area (Å²) in [5, 5.41) is 77.8. The SMILES string of the molecule is CNCO[C@@H]1[C@H](O[C@H]2OC=C(C(=O)OC3CCCCC3)[C@@](O)(C=CC3CC(C(=O)O)CN(CCO)C3)[C@H]2C=C2CCCCC2)O[C@H](CO)[C@@H](O)C1(O)O. The lowest BCUT2D eigenvalue weighted by atomic mass is 9.75. The number of β-amino-alcohol motifs (C(OH)–C–C–N with tert-alkyl or cyclic N) is 1. The van der Waals surface area contributed by atoms with Gasteiger partial charge < -0.3 is 59.4 Å². The minimum Gasteiger partial charge on any atom is -0.481 e. The molecular formula is C37H58N2O14. The van der Waals surface area contributed by atoms with E-state index in [0.29, 0.717) is 19.4 Å². The Hall–Kier alpha value is -2.48. The third kappa shape index (κ3) is 10.0. The summed E-state index contributed by atoms with van der Waals surface area (Å²) < 4.78 is 29.7. The Bertz CT molecular complexity index is 1310. The van der Waals surface area contributed by atoms with Crippen molar-refractivity contribution in [3.63, 3.8) is 0 Å². The maximum atomic E-state index is 14.0. The van der Waals surface area contributed by atoms with Crippen molar-refractivity contribution in [2.75, 3.05) is 46.6 Å². The Morgan fingerprint density at radius 1 is 1.04 bits per heavy atom. The number of rotatable bonds is 14. The van der Waals surface area contributed by atoms with Crippen molar-refractivity contribution < 1.29 is 69.0 Å². The fourth-order valence-electron chi connectivity index (χ4n) is 8.13. The summed E-state index contributed by atoms with van der Waals surface area (Å²) in [5.41, 5.74) is -1.34. The molecule has 2 saturated heterocycles. The van der Waals surface area contributed by atoms with E-state index in [1.807, 2.05) is 11.0 Å². The third-order valence-corrected chi connectivity index (χ3v) is 11.1. The minimum absolute atomic E-state index is 0.155. The first-order valence-corrected chi connectivity index (χ1v) is 19.0. The number of carboxylic acids is 1. The molecule has 16 nitrogen and oxygen atoms in total. The normalized spacial score (nSPS) is 35.8. The first-order chi connectivity index (χ1) is 25.4. The van der Waals surface area contributed by atoms with E-state index in [4.69, 9.17) is 23.7 Å². The number of hydrogen-bond donors (Lipinski definition) is 8. The molecule has 5 rings (SSSR count). The molecule has 0 bridgehead atoms. The van der Waals surface area contributed by atoms with Crippen LogP contribution < -0.4 is 5.32 Å².